The molecule has 3 saturated heterocycles. The zero-order chi connectivity index (χ0) is 19.1. The van der Waals surface area contributed by atoms with Crippen molar-refractivity contribution in [2.45, 2.75) is 31.6 Å². The Morgan fingerprint density at radius 1 is 1.18 bits per heavy atom. The molecule has 2 aromatic rings. The Morgan fingerprint density at radius 2 is 2.00 bits per heavy atom. The minimum atomic E-state index is -0.762. The normalized spacial score (nSPS) is 27.3. The first-order chi connectivity index (χ1) is 13.7. The van der Waals surface area contributed by atoms with E-state index in [-0.39, 0.29) is 11.3 Å². The molecular weight excluding hydrogens is 401 g/mol. The Bertz CT molecular complexity index is 841. The average molecular weight is 426 g/mol. The zero-order valence-corrected chi connectivity index (χ0v) is 17.4. The van der Waals surface area contributed by atoms with Crippen molar-refractivity contribution in [3.8, 4) is 0 Å². The molecule has 0 radical (unpaired) electrons. The van der Waals surface area contributed by atoms with Crippen LogP contribution in [-0.4, -0.2) is 84.5 Å². The van der Waals surface area contributed by atoms with Gasteiger partial charge in [0, 0.05) is 43.6 Å². The van der Waals surface area contributed by atoms with Crippen LogP contribution in [0.4, 0.5) is 10.2 Å². The molecule has 0 spiro atoms. The highest BCUT2D eigenvalue weighted by Gasteiger charge is 2.35. The third kappa shape index (κ3) is 3.73. The molecular formula is C19H25ClFN5OS. The molecule has 0 unspecified atom stereocenters. The van der Waals surface area contributed by atoms with Crippen molar-refractivity contribution in [1.29, 1.82) is 0 Å². The largest absolute Gasteiger partial charge is 0.378 e. The SMILES string of the molecule is F[C@H]1CN(Cc2cc3nc(Cl)nc(N4CCOCC4)c3s2)CC[C@H]1N1CCC1. The number of hydrogen-bond acceptors (Lipinski definition) is 7. The predicted octanol–water partition coefficient (Wildman–Crippen LogP) is 2.80. The fourth-order valence-electron chi connectivity index (χ4n) is 4.41. The standard InChI is InChI=1S/C19H25ClFN5OS/c20-19-22-15-10-13(28-17(15)18(23-19)26-6-8-27-9-7-26)11-24-5-2-16(14(21)12-24)25-3-1-4-25/h10,14,16H,1-9,11-12H2/t14-,16+/m0/s1. The number of anilines is 1. The number of halogens is 2. The van der Waals surface area contributed by atoms with Crippen molar-refractivity contribution in [2.24, 2.45) is 0 Å². The molecule has 6 nitrogen and oxygen atoms in total. The number of aromatic nitrogens is 2. The van der Waals surface area contributed by atoms with Gasteiger partial charge in [-0.15, -0.1) is 11.3 Å². The summed E-state index contributed by atoms with van der Waals surface area (Å²) in [5.41, 5.74) is 0.883. The highest BCUT2D eigenvalue weighted by atomic mass is 35.5. The van der Waals surface area contributed by atoms with Crippen LogP contribution >= 0.6 is 22.9 Å². The average Bonchev–Trinajstić information content (AvgIpc) is 3.04. The number of alkyl halides is 1. The molecule has 0 amide bonds. The van der Waals surface area contributed by atoms with E-state index in [0.29, 0.717) is 19.8 Å². The number of ether oxygens (including phenoxy) is 1. The minimum absolute atomic E-state index is 0.116. The van der Waals surface area contributed by atoms with Crippen molar-refractivity contribution in [3.63, 3.8) is 0 Å². The summed E-state index contributed by atoms with van der Waals surface area (Å²) >= 11 is 7.89. The maximum Gasteiger partial charge on any atom is 0.224 e. The predicted molar refractivity (Wildman–Crippen MR) is 110 cm³/mol. The molecule has 5 heterocycles. The highest BCUT2D eigenvalue weighted by molar-refractivity contribution is 7.19. The number of likely N-dealkylation sites (tertiary alicyclic amines) is 2. The summed E-state index contributed by atoms with van der Waals surface area (Å²) in [7, 11) is 0. The number of fused-ring (bicyclic) bond motifs is 1. The molecule has 0 bridgehead atoms. The Kier molecular flexibility index (Phi) is 5.40. The molecule has 2 atom stereocenters. The monoisotopic (exact) mass is 425 g/mol. The van der Waals surface area contributed by atoms with Crippen LogP contribution in [0.2, 0.25) is 5.28 Å². The van der Waals surface area contributed by atoms with Crippen molar-refractivity contribution in [3.05, 3.63) is 16.2 Å². The van der Waals surface area contributed by atoms with Gasteiger partial charge in [-0.2, -0.15) is 4.98 Å². The van der Waals surface area contributed by atoms with Gasteiger partial charge in [-0.05, 0) is 43.6 Å². The van der Waals surface area contributed by atoms with Crippen molar-refractivity contribution >= 4 is 39.0 Å². The summed E-state index contributed by atoms with van der Waals surface area (Å²) in [6, 6.07) is 2.21. The van der Waals surface area contributed by atoms with E-state index in [2.05, 4.69) is 30.7 Å². The van der Waals surface area contributed by atoms with Gasteiger partial charge in [-0.3, -0.25) is 9.80 Å². The molecule has 9 heteroatoms. The van der Waals surface area contributed by atoms with Crippen LogP contribution in [0.1, 0.15) is 17.7 Å². The lowest BCUT2D eigenvalue weighted by Crippen LogP contribution is -2.56. The Labute approximate surface area is 173 Å². The quantitative estimate of drug-likeness (QED) is 0.702. The fourth-order valence-corrected chi connectivity index (χ4v) is 5.73. The summed E-state index contributed by atoms with van der Waals surface area (Å²) in [5.74, 6) is 0.898. The van der Waals surface area contributed by atoms with Crippen molar-refractivity contribution < 1.29 is 9.13 Å². The Hall–Kier alpha value is -1.06. The fraction of sp³-hybridized carbons (Fsp3) is 0.684. The van der Waals surface area contributed by atoms with Gasteiger partial charge in [0.15, 0.2) is 5.82 Å². The van der Waals surface area contributed by atoms with E-state index in [1.54, 1.807) is 11.3 Å². The minimum Gasteiger partial charge on any atom is -0.378 e. The maximum absolute atomic E-state index is 14.7. The number of nitrogens with zero attached hydrogens (tertiary/aromatic N) is 5. The summed E-state index contributed by atoms with van der Waals surface area (Å²) in [6.07, 6.45) is 1.36. The van der Waals surface area contributed by atoms with Crippen LogP contribution in [0.5, 0.6) is 0 Å². The van der Waals surface area contributed by atoms with Gasteiger partial charge < -0.3 is 9.64 Å². The summed E-state index contributed by atoms with van der Waals surface area (Å²) in [6.45, 7) is 7.35. The lowest BCUT2D eigenvalue weighted by molar-refractivity contribution is 0.00228. The smallest absolute Gasteiger partial charge is 0.224 e. The van der Waals surface area contributed by atoms with Gasteiger partial charge in [-0.1, -0.05) is 0 Å². The summed E-state index contributed by atoms with van der Waals surface area (Å²) < 4.78 is 21.2. The molecule has 0 aromatic carbocycles. The van der Waals surface area contributed by atoms with Crippen LogP contribution < -0.4 is 4.90 Å². The molecule has 0 aliphatic carbocycles. The van der Waals surface area contributed by atoms with E-state index < -0.39 is 6.17 Å². The molecule has 3 aliphatic rings. The molecule has 152 valence electrons. The van der Waals surface area contributed by atoms with E-state index in [0.717, 1.165) is 61.7 Å². The zero-order valence-electron chi connectivity index (χ0n) is 15.8. The van der Waals surface area contributed by atoms with Gasteiger partial charge in [0.1, 0.15) is 6.17 Å². The second kappa shape index (κ2) is 7.99. The van der Waals surface area contributed by atoms with Crippen molar-refractivity contribution in [1.82, 2.24) is 19.8 Å². The molecule has 28 heavy (non-hydrogen) atoms. The lowest BCUT2D eigenvalue weighted by Gasteiger charge is -2.44. The van der Waals surface area contributed by atoms with Gasteiger partial charge in [0.05, 0.1) is 23.4 Å². The molecule has 0 N–H and O–H groups in total. The summed E-state index contributed by atoms with van der Waals surface area (Å²) in [5, 5.41) is 0.275. The lowest BCUT2D eigenvalue weighted by atomic mass is 9.98. The number of piperidine rings is 1. The number of morpholine rings is 1. The third-order valence-electron chi connectivity index (χ3n) is 6.02. The number of hydrogen-bond donors (Lipinski definition) is 0. The van der Waals surface area contributed by atoms with E-state index in [9.17, 15) is 4.39 Å². The van der Waals surface area contributed by atoms with E-state index >= 15 is 0 Å². The highest BCUT2D eigenvalue weighted by Crippen LogP contribution is 2.34. The van der Waals surface area contributed by atoms with Gasteiger partial charge in [0.25, 0.3) is 0 Å². The molecule has 5 rings (SSSR count). The van der Waals surface area contributed by atoms with Crippen molar-refractivity contribution in [2.75, 3.05) is 57.4 Å². The molecule has 3 fully saturated rings. The summed E-state index contributed by atoms with van der Waals surface area (Å²) in [4.78, 5) is 16.9. The maximum atomic E-state index is 14.7. The van der Waals surface area contributed by atoms with Gasteiger partial charge >= 0.3 is 0 Å². The first kappa shape index (κ1) is 18.9. The van der Waals surface area contributed by atoms with Crippen LogP contribution in [0.15, 0.2) is 6.07 Å². The second-order valence-electron chi connectivity index (χ2n) is 7.84. The number of thiophene rings is 1. The van der Waals surface area contributed by atoms with Crippen LogP contribution in [0, 0.1) is 0 Å². The molecule has 0 saturated carbocycles. The Balaban J connectivity index is 1.32. The van der Waals surface area contributed by atoms with Crippen LogP contribution in [0.25, 0.3) is 10.2 Å². The second-order valence-corrected chi connectivity index (χ2v) is 9.31. The topological polar surface area (TPSA) is 44.7 Å². The first-order valence-electron chi connectivity index (χ1n) is 10.1. The number of rotatable bonds is 4. The first-order valence-corrected chi connectivity index (χ1v) is 11.3. The molecule has 3 aliphatic heterocycles. The van der Waals surface area contributed by atoms with E-state index in [1.807, 2.05) is 0 Å². The van der Waals surface area contributed by atoms with Gasteiger partial charge in [0.2, 0.25) is 5.28 Å². The van der Waals surface area contributed by atoms with E-state index in [1.165, 1.54) is 11.3 Å². The third-order valence-corrected chi connectivity index (χ3v) is 7.29. The molecule has 2 aromatic heterocycles. The Morgan fingerprint density at radius 3 is 2.71 bits per heavy atom. The van der Waals surface area contributed by atoms with Crippen LogP contribution in [0.3, 0.4) is 0 Å². The van der Waals surface area contributed by atoms with E-state index in [4.69, 9.17) is 16.3 Å². The van der Waals surface area contributed by atoms with Gasteiger partial charge in [-0.25, -0.2) is 9.37 Å². The van der Waals surface area contributed by atoms with Crippen LogP contribution in [-0.2, 0) is 11.3 Å².